The van der Waals surface area contributed by atoms with Crippen LogP contribution in [0.2, 0.25) is 0 Å². The molecule has 0 aliphatic carbocycles. The fraction of sp³-hybridized carbons (Fsp3) is 0.222. The van der Waals surface area contributed by atoms with Gasteiger partial charge in [0.25, 0.3) is 0 Å². The topological polar surface area (TPSA) is 82.3 Å². The number of benzene rings is 2. The molecule has 0 aliphatic rings. The van der Waals surface area contributed by atoms with Crippen LogP contribution in [-0.2, 0) is 15.6 Å². The minimum atomic E-state index is -3.40. The summed E-state index contributed by atoms with van der Waals surface area (Å²) < 4.78 is 34.8. The Morgan fingerprint density at radius 2 is 1.76 bits per heavy atom. The van der Waals surface area contributed by atoms with E-state index in [1.165, 1.54) is 0 Å². The molecule has 0 aliphatic heterocycles. The van der Waals surface area contributed by atoms with Crippen molar-refractivity contribution in [1.82, 2.24) is 10.1 Å². The average molecular weight is 358 g/mol. The minimum absolute atomic E-state index is 0.0747. The third-order valence-electron chi connectivity index (χ3n) is 3.53. The van der Waals surface area contributed by atoms with Gasteiger partial charge >= 0.3 is 0 Å². The number of aromatic nitrogens is 2. The first-order valence-corrected chi connectivity index (χ1v) is 9.62. The highest BCUT2D eigenvalue weighted by molar-refractivity contribution is 7.90. The van der Waals surface area contributed by atoms with Gasteiger partial charge in [0.2, 0.25) is 11.7 Å². The van der Waals surface area contributed by atoms with Gasteiger partial charge in [0.15, 0.2) is 9.84 Å². The van der Waals surface area contributed by atoms with Gasteiger partial charge in [-0.05, 0) is 19.1 Å². The second-order valence-electron chi connectivity index (χ2n) is 5.63. The summed E-state index contributed by atoms with van der Waals surface area (Å²) >= 11 is 0. The molecule has 0 saturated heterocycles. The van der Waals surface area contributed by atoms with Crippen molar-refractivity contribution in [2.24, 2.45) is 0 Å². The summed E-state index contributed by atoms with van der Waals surface area (Å²) in [7, 11) is -3.40. The van der Waals surface area contributed by atoms with Gasteiger partial charge in [-0.1, -0.05) is 53.2 Å². The molecule has 0 atom stereocenters. The van der Waals surface area contributed by atoms with Gasteiger partial charge in [-0.3, -0.25) is 0 Å². The summed E-state index contributed by atoms with van der Waals surface area (Å²) in [5.41, 5.74) is 1.90. The van der Waals surface area contributed by atoms with Crippen LogP contribution in [0.1, 0.15) is 11.5 Å². The van der Waals surface area contributed by atoms with Crippen LogP contribution < -0.4 is 4.74 Å². The largest absolute Gasteiger partial charge is 0.493 e. The van der Waals surface area contributed by atoms with Crippen molar-refractivity contribution in [1.29, 1.82) is 0 Å². The van der Waals surface area contributed by atoms with Crippen molar-refractivity contribution >= 4 is 9.84 Å². The van der Waals surface area contributed by atoms with E-state index in [0.717, 1.165) is 11.1 Å². The standard InChI is InChI=1S/C18H18N2O4S/c1-14-7-9-15(10-8-14)18-19-17(24-20-18)13-25(21,22)12-11-23-16-5-3-2-4-6-16/h2-10H,11-13H2,1H3. The van der Waals surface area contributed by atoms with Crippen LogP contribution in [0.25, 0.3) is 11.4 Å². The molecule has 3 aromatic rings. The van der Waals surface area contributed by atoms with Crippen molar-refractivity contribution in [3.8, 4) is 17.1 Å². The normalized spacial score (nSPS) is 11.4. The Bertz CT molecular complexity index is 919. The van der Waals surface area contributed by atoms with E-state index in [-0.39, 0.29) is 24.0 Å². The second kappa shape index (κ2) is 7.48. The molecule has 1 heterocycles. The number of nitrogens with zero attached hydrogens (tertiary/aromatic N) is 2. The smallest absolute Gasteiger partial charge is 0.242 e. The summed E-state index contributed by atoms with van der Waals surface area (Å²) in [6.07, 6.45) is 0. The third-order valence-corrected chi connectivity index (χ3v) is 5.00. The quantitative estimate of drug-likeness (QED) is 0.646. The van der Waals surface area contributed by atoms with Crippen LogP contribution in [0.15, 0.2) is 59.1 Å². The Labute approximate surface area is 146 Å². The van der Waals surface area contributed by atoms with E-state index >= 15 is 0 Å². The lowest BCUT2D eigenvalue weighted by molar-refractivity contribution is 0.340. The predicted octanol–water partition coefficient (Wildman–Crippen LogP) is 3.04. The lowest BCUT2D eigenvalue weighted by Crippen LogP contribution is -2.16. The molecule has 7 heteroatoms. The molecule has 0 spiro atoms. The monoisotopic (exact) mass is 358 g/mol. The van der Waals surface area contributed by atoms with Gasteiger partial charge in [0.05, 0.1) is 5.75 Å². The van der Waals surface area contributed by atoms with E-state index in [1.54, 1.807) is 12.1 Å². The molecular weight excluding hydrogens is 340 g/mol. The van der Waals surface area contributed by atoms with Crippen molar-refractivity contribution in [2.75, 3.05) is 12.4 Å². The van der Waals surface area contributed by atoms with Crippen molar-refractivity contribution < 1.29 is 17.7 Å². The first kappa shape index (κ1) is 17.2. The fourth-order valence-corrected chi connectivity index (χ4v) is 3.17. The van der Waals surface area contributed by atoms with E-state index in [1.807, 2.05) is 49.4 Å². The molecule has 0 saturated carbocycles. The van der Waals surface area contributed by atoms with E-state index in [9.17, 15) is 8.42 Å². The Hall–Kier alpha value is -2.67. The number of aryl methyl sites for hydroxylation is 1. The summed E-state index contributed by atoms with van der Waals surface area (Å²) in [5.74, 6) is 0.673. The molecule has 0 N–H and O–H groups in total. The van der Waals surface area contributed by atoms with Gasteiger partial charge in [0.1, 0.15) is 18.1 Å². The molecule has 0 unspecified atom stereocenters. The van der Waals surface area contributed by atoms with Crippen LogP contribution in [0, 0.1) is 6.92 Å². The summed E-state index contributed by atoms with van der Waals surface area (Å²) in [5, 5.41) is 3.85. The Morgan fingerprint density at radius 1 is 1.04 bits per heavy atom. The predicted molar refractivity (Wildman–Crippen MR) is 93.9 cm³/mol. The van der Waals surface area contributed by atoms with Crippen LogP contribution in [-0.4, -0.2) is 30.9 Å². The van der Waals surface area contributed by atoms with Crippen molar-refractivity contribution in [3.63, 3.8) is 0 Å². The second-order valence-corrected chi connectivity index (χ2v) is 7.82. The number of rotatable bonds is 7. The maximum absolute atomic E-state index is 12.2. The first-order valence-electron chi connectivity index (χ1n) is 7.80. The zero-order chi connectivity index (χ0) is 17.7. The lowest BCUT2D eigenvalue weighted by atomic mass is 10.1. The molecular formula is C18H18N2O4S. The minimum Gasteiger partial charge on any atom is -0.493 e. The van der Waals surface area contributed by atoms with Gasteiger partial charge in [-0.2, -0.15) is 4.98 Å². The number of hydrogen-bond donors (Lipinski definition) is 0. The summed E-state index contributed by atoms with van der Waals surface area (Å²) in [6, 6.07) is 16.7. The first-order chi connectivity index (χ1) is 12.0. The molecule has 2 aromatic carbocycles. The number of para-hydroxylation sites is 1. The van der Waals surface area contributed by atoms with Crippen LogP contribution in [0.4, 0.5) is 0 Å². The van der Waals surface area contributed by atoms with E-state index in [0.29, 0.717) is 11.6 Å². The highest BCUT2D eigenvalue weighted by Gasteiger charge is 2.18. The lowest BCUT2D eigenvalue weighted by Gasteiger charge is -2.05. The number of hydrogen-bond acceptors (Lipinski definition) is 6. The SMILES string of the molecule is Cc1ccc(-c2noc(CS(=O)(=O)CCOc3ccccc3)n2)cc1. The maximum atomic E-state index is 12.2. The van der Waals surface area contributed by atoms with Crippen LogP contribution in [0.3, 0.4) is 0 Å². The zero-order valence-electron chi connectivity index (χ0n) is 13.8. The molecule has 0 radical (unpaired) electrons. The molecule has 1 aromatic heterocycles. The highest BCUT2D eigenvalue weighted by Crippen LogP contribution is 2.17. The highest BCUT2D eigenvalue weighted by atomic mass is 32.2. The molecule has 0 fully saturated rings. The van der Waals surface area contributed by atoms with E-state index < -0.39 is 9.84 Å². The van der Waals surface area contributed by atoms with Gasteiger partial charge in [-0.15, -0.1) is 0 Å². The van der Waals surface area contributed by atoms with Crippen molar-refractivity contribution in [3.05, 3.63) is 66.1 Å². The molecule has 6 nitrogen and oxygen atoms in total. The average Bonchev–Trinajstić information content (AvgIpc) is 3.04. The number of ether oxygens (including phenoxy) is 1. The van der Waals surface area contributed by atoms with E-state index in [4.69, 9.17) is 9.26 Å². The molecule has 0 amide bonds. The van der Waals surface area contributed by atoms with Gasteiger partial charge < -0.3 is 9.26 Å². The zero-order valence-corrected chi connectivity index (χ0v) is 14.6. The summed E-state index contributed by atoms with van der Waals surface area (Å²) in [6.45, 7) is 2.06. The maximum Gasteiger partial charge on any atom is 0.242 e. The summed E-state index contributed by atoms with van der Waals surface area (Å²) in [4.78, 5) is 4.16. The van der Waals surface area contributed by atoms with Gasteiger partial charge in [0, 0.05) is 5.56 Å². The Balaban J connectivity index is 1.58. The Kier molecular flexibility index (Phi) is 5.14. The van der Waals surface area contributed by atoms with Crippen molar-refractivity contribution in [2.45, 2.75) is 12.7 Å². The fourth-order valence-electron chi connectivity index (χ4n) is 2.20. The van der Waals surface area contributed by atoms with Gasteiger partial charge in [-0.25, -0.2) is 8.42 Å². The molecule has 25 heavy (non-hydrogen) atoms. The Morgan fingerprint density at radius 3 is 2.48 bits per heavy atom. The van der Waals surface area contributed by atoms with Crippen LogP contribution in [0.5, 0.6) is 5.75 Å². The molecule has 0 bridgehead atoms. The van der Waals surface area contributed by atoms with Crippen LogP contribution >= 0.6 is 0 Å². The third kappa shape index (κ3) is 4.90. The number of sulfone groups is 1. The van der Waals surface area contributed by atoms with E-state index in [2.05, 4.69) is 10.1 Å². The molecule has 130 valence electrons. The molecule has 3 rings (SSSR count).